The predicted octanol–water partition coefficient (Wildman–Crippen LogP) is -0.842. The van der Waals surface area contributed by atoms with Crippen LogP contribution in [0.3, 0.4) is 0 Å². The van der Waals surface area contributed by atoms with E-state index >= 15 is 0 Å². The van der Waals surface area contributed by atoms with Crippen LogP contribution in [0.5, 0.6) is 0 Å². The van der Waals surface area contributed by atoms with Gasteiger partial charge in [-0.25, -0.2) is 0 Å². The van der Waals surface area contributed by atoms with Crippen molar-refractivity contribution < 1.29 is 124 Å². The molecule has 0 aromatic rings. The van der Waals surface area contributed by atoms with Crippen molar-refractivity contribution in [1.29, 1.82) is 0 Å². The van der Waals surface area contributed by atoms with Crippen LogP contribution in [0, 0.1) is 0 Å². The molecule has 0 rings (SSSR count). The molecule has 0 bridgehead atoms. The van der Waals surface area contributed by atoms with E-state index in [1.54, 1.807) is 0 Å². The fourth-order valence-corrected chi connectivity index (χ4v) is 0. The molecule has 0 spiro atoms. The zero-order valence-electron chi connectivity index (χ0n) is 4.51. The Morgan fingerprint density at radius 1 is 0.273 bits per heavy atom. The normalized spacial score (nSPS) is 0. The van der Waals surface area contributed by atoms with Crippen LogP contribution in [-0.2, 0) is 124 Å². The SMILES string of the molecule is [Nb].[Nb].[O-2].[O-2].[O-2].[O-2].[O-2].[O-2].[O-2].[Re+7].[Re+7]. The standard InChI is InChI=1S/2Nb.7O.2Re/q;;7*-2;2*+7. The molecule has 2 radical (unpaired) electrons. The molecule has 0 amide bonds. The van der Waals surface area contributed by atoms with Crippen LogP contribution >= 0.6 is 0 Å². The molecule has 0 aliphatic carbocycles. The van der Waals surface area contributed by atoms with Crippen molar-refractivity contribution in [3.8, 4) is 0 Å². The Morgan fingerprint density at radius 2 is 0.273 bits per heavy atom. The average molecular weight is 670 g/mol. The van der Waals surface area contributed by atoms with Gasteiger partial charge in [0.05, 0.1) is 0 Å². The maximum absolute atomic E-state index is 0. The minimum absolute atomic E-state index is 0. The third-order valence-corrected chi connectivity index (χ3v) is 0. The van der Waals surface area contributed by atoms with Crippen LogP contribution in [-0.4, -0.2) is 0 Å². The minimum Gasteiger partial charge on any atom is -2.00 e. The van der Waals surface area contributed by atoms with Gasteiger partial charge in [0.2, 0.25) is 0 Å². The smallest absolute Gasteiger partial charge is 2.00 e. The summed E-state index contributed by atoms with van der Waals surface area (Å²) in [6, 6.07) is 0. The van der Waals surface area contributed by atoms with Crippen molar-refractivity contribution >= 4 is 0 Å². The first-order valence-electron chi connectivity index (χ1n) is 0. The average Bonchev–Trinajstić information content (AvgIpc) is 0. The summed E-state index contributed by atoms with van der Waals surface area (Å²) in [5.41, 5.74) is 0. The Kier molecular flexibility index (Phi) is 7890. The van der Waals surface area contributed by atoms with E-state index in [1.165, 1.54) is 0 Å². The monoisotopic (exact) mass is 672 g/mol. The van der Waals surface area contributed by atoms with Crippen LogP contribution in [0.25, 0.3) is 0 Å². The zero-order chi connectivity index (χ0) is 0. The third kappa shape index (κ3) is 218. The van der Waals surface area contributed by atoms with E-state index in [-0.39, 0.29) is 124 Å². The van der Waals surface area contributed by atoms with Crippen molar-refractivity contribution in [3.63, 3.8) is 0 Å². The Bertz CT molecular complexity index is 14.4. The van der Waals surface area contributed by atoms with Gasteiger partial charge in [0, 0.05) is 44.8 Å². The Morgan fingerprint density at radius 3 is 0.273 bits per heavy atom. The summed E-state index contributed by atoms with van der Waals surface area (Å²) in [6.07, 6.45) is 0. The van der Waals surface area contributed by atoms with Crippen LogP contribution in [0.4, 0.5) is 0 Å². The van der Waals surface area contributed by atoms with Gasteiger partial charge < -0.3 is 38.3 Å². The van der Waals surface area contributed by atoms with Gasteiger partial charge in [-0.1, -0.05) is 0 Å². The largest absolute Gasteiger partial charge is 7.00 e. The summed E-state index contributed by atoms with van der Waals surface area (Å²) in [6.45, 7) is 0. The van der Waals surface area contributed by atoms with Crippen LogP contribution in [0.1, 0.15) is 0 Å². The molecule has 0 fully saturated rings. The van der Waals surface area contributed by atoms with Crippen LogP contribution < -0.4 is 0 Å². The molecule has 0 atom stereocenters. The first kappa shape index (κ1) is 333. The maximum atomic E-state index is 0. The van der Waals surface area contributed by atoms with Gasteiger partial charge in [0.15, 0.2) is 0 Å². The summed E-state index contributed by atoms with van der Waals surface area (Å²) >= 11 is 0. The molecule has 11 heteroatoms. The fourth-order valence-electron chi connectivity index (χ4n) is 0. The molecular formula is Nb2O7Re2. The van der Waals surface area contributed by atoms with Crippen molar-refractivity contribution in [2.24, 2.45) is 0 Å². The summed E-state index contributed by atoms with van der Waals surface area (Å²) in [5.74, 6) is 0. The number of rotatable bonds is 0. The van der Waals surface area contributed by atoms with Crippen molar-refractivity contribution in [2.45, 2.75) is 0 Å². The molecule has 0 aliphatic heterocycles. The van der Waals surface area contributed by atoms with E-state index in [1.807, 2.05) is 0 Å². The molecule has 7 nitrogen and oxygen atoms in total. The number of hydrogen-bond donors (Lipinski definition) is 0. The zero-order valence-corrected chi connectivity index (χ0v) is 14.3. The first-order valence-corrected chi connectivity index (χ1v) is 0. The van der Waals surface area contributed by atoms with Gasteiger partial charge in [0.25, 0.3) is 0 Å². The van der Waals surface area contributed by atoms with E-state index in [2.05, 4.69) is 0 Å². The van der Waals surface area contributed by atoms with E-state index < -0.39 is 0 Å². The van der Waals surface area contributed by atoms with Gasteiger partial charge in [-0.3, -0.25) is 0 Å². The number of hydrogen-bond acceptors (Lipinski definition) is 0. The second kappa shape index (κ2) is 261. The molecule has 0 unspecified atom stereocenters. The molecule has 0 saturated carbocycles. The van der Waals surface area contributed by atoms with E-state index in [0.29, 0.717) is 0 Å². The molecular weight excluding hydrogens is 670 g/mol. The topological polar surface area (TPSA) is 200 Å². The van der Waals surface area contributed by atoms with Gasteiger partial charge in [0.1, 0.15) is 0 Å². The predicted molar refractivity (Wildman–Crippen MR) is 4.81 cm³/mol. The van der Waals surface area contributed by atoms with E-state index in [9.17, 15) is 0 Å². The second-order valence-corrected chi connectivity index (χ2v) is 0. The van der Waals surface area contributed by atoms with Crippen molar-refractivity contribution in [3.05, 3.63) is 0 Å². The Hall–Kier alpha value is 2.53. The molecule has 0 aliphatic rings. The maximum Gasteiger partial charge on any atom is 7.00 e. The first-order chi connectivity index (χ1) is 0. The minimum atomic E-state index is 0. The fraction of sp³-hybridized carbons (Fsp3) is 0. The summed E-state index contributed by atoms with van der Waals surface area (Å²) in [5, 5.41) is 0. The summed E-state index contributed by atoms with van der Waals surface area (Å²) in [4.78, 5) is 0. The van der Waals surface area contributed by atoms with E-state index in [4.69, 9.17) is 0 Å². The second-order valence-electron chi connectivity index (χ2n) is 0. The van der Waals surface area contributed by atoms with Gasteiger partial charge in [-0.15, -0.1) is 0 Å². The molecule has 0 aromatic heterocycles. The van der Waals surface area contributed by atoms with Gasteiger partial charge in [-0.2, -0.15) is 0 Å². The van der Waals surface area contributed by atoms with Crippen molar-refractivity contribution in [1.82, 2.24) is 0 Å². The van der Waals surface area contributed by atoms with E-state index in [0.717, 1.165) is 0 Å². The Balaban J connectivity index is 0. The van der Waals surface area contributed by atoms with Crippen LogP contribution in [0.15, 0.2) is 0 Å². The molecule has 0 saturated heterocycles. The van der Waals surface area contributed by atoms with Crippen LogP contribution in [0.2, 0.25) is 0 Å². The molecule has 11 heavy (non-hydrogen) atoms. The van der Waals surface area contributed by atoms with Crippen molar-refractivity contribution in [2.75, 3.05) is 0 Å². The molecule has 0 heterocycles. The third-order valence-electron chi connectivity index (χ3n) is 0. The molecule has 66 valence electrons. The summed E-state index contributed by atoms with van der Waals surface area (Å²) in [7, 11) is 0. The van der Waals surface area contributed by atoms with Gasteiger partial charge >= 0.3 is 40.8 Å². The Labute approximate surface area is 123 Å². The summed E-state index contributed by atoms with van der Waals surface area (Å²) < 4.78 is 0. The molecule has 0 aromatic carbocycles. The quantitative estimate of drug-likeness (QED) is 0.290. The van der Waals surface area contributed by atoms with Gasteiger partial charge in [-0.05, 0) is 0 Å². The molecule has 0 N–H and O–H groups in total.